The summed E-state index contributed by atoms with van der Waals surface area (Å²) in [5, 5.41) is 11.3. The molecule has 0 atom stereocenters. The van der Waals surface area contributed by atoms with E-state index in [9.17, 15) is 9.59 Å². The van der Waals surface area contributed by atoms with Crippen LogP contribution in [0.3, 0.4) is 0 Å². The van der Waals surface area contributed by atoms with Gasteiger partial charge in [-0.25, -0.2) is 4.79 Å². The number of amides is 1. The molecule has 10 heteroatoms. The molecule has 0 aliphatic carbocycles. The van der Waals surface area contributed by atoms with E-state index in [2.05, 4.69) is 15.7 Å². The van der Waals surface area contributed by atoms with Crippen LogP contribution in [-0.4, -0.2) is 51.9 Å². The number of hydrogen-bond acceptors (Lipinski definition) is 6. The van der Waals surface area contributed by atoms with Gasteiger partial charge in [-0.3, -0.25) is 9.48 Å². The van der Waals surface area contributed by atoms with Crippen molar-refractivity contribution in [1.82, 2.24) is 20.0 Å². The number of hydrogen-bond donors (Lipinski definition) is 2. The van der Waals surface area contributed by atoms with Crippen molar-refractivity contribution in [2.24, 2.45) is 7.05 Å². The van der Waals surface area contributed by atoms with Crippen LogP contribution in [0.15, 0.2) is 6.07 Å². The summed E-state index contributed by atoms with van der Waals surface area (Å²) in [5.41, 5.74) is 2.81. The highest BCUT2D eigenvalue weighted by atomic mass is 32.1. The van der Waals surface area contributed by atoms with E-state index in [1.807, 2.05) is 33.9 Å². The lowest BCUT2D eigenvalue weighted by Crippen LogP contribution is -2.30. The van der Waals surface area contributed by atoms with Gasteiger partial charge < -0.3 is 20.3 Å². The molecule has 0 aliphatic rings. The molecule has 2 heterocycles. The maximum atomic E-state index is 12.8. The lowest BCUT2D eigenvalue weighted by atomic mass is 10.1. The Morgan fingerprint density at radius 3 is 2.48 bits per heavy atom. The topological polar surface area (TPSA) is 88.5 Å². The largest absolute Gasteiger partial charge is 0.465 e. The number of nitrogens with zero attached hydrogens (tertiary/aromatic N) is 3. The molecule has 0 radical (unpaired) electrons. The van der Waals surface area contributed by atoms with E-state index in [1.165, 1.54) is 18.4 Å². The third-order valence-corrected chi connectivity index (χ3v) is 6.04. The molecule has 2 aromatic heterocycles. The molecule has 0 saturated heterocycles. The quantitative estimate of drug-likeness (QED) is 0.509. The SMILES string of the molecule is CCN(CC)C(=O)c1sc(NC(=S)NCc2cc(C)n(C)n2)c(C(=O)OC)c1C. The van der Waals surface area contributed by atoms with Crippen LogP contribution < -0.4 is 10.6 Å². The fourth-order valence-corrected chi connectivity index (χ4v) is 4.25. The summed E-state index contributed by atoms with van der Waals surface area (Å²) in [7, 11) is 3.19. The zero-order chi connectivity index (χ0) is 21.7. The fourth-order valence-electron chi connectivity index (χ4n) is 2.85. The van der Waals surface area contributed by atoms with Crippen molar-refractivity contribution in [2.75, 3.05) is 25.5 Å². The summed E-state index contributed by atoms with van der Waals surface area (Å²) < 4.78 is 6.71. The Bertz CT molecular complexity index is 896. The Kier molecular flexibility index (Phi) is 7.74. The zero-order valence-corrected chi connectivity index (χ0v) is 19.2. The number of thiocarbonyl (C=S) groups is 1. The van der Waals surface area contributed by atoms with Crippen molar-refractivity contribution in [3.63, 3.8) is 0 Å². The van der Waals surface area contributed by atoms with Gasteiger partial charge in [-0.05, 0) is 51.5 Å². The molecule has 29 heavy (non-hydrogen) atoms. The molecule has 2 rings (SSSR count). The van der Waals surface area contributed by atoms with Crippen LogP contribution >= 0.6 is 23.6 Å². The molecular weight excluding hydrogens is 410 g/mol. The van der Waals surface area contributed by atoms with Crippen LogP contribution in [0.1, 0.15) is 50.8 Å². The Morgan fingerprint density at radius 2 is 1.97 bits per heavy atom. The lowest BCUT2D eigenvalue weighted by Gasteiger charge is -2.17. The number of esters is 1. The number of thiophene rings is 1. The van der Waals surface area contributed by atoms with Gasteiger partial charge in [-0.2, -0.15) is 5.10 Å². The van der Waals surface area contributed by atoms with Gasteiger partial charge >= 0.3 is 5.97 Å². The maximum absolute atomic E-state index is 12.8. The average Bonchev–Trinajstić information content (AvgIpc) is 3.19. The normalized spacial score (nSPS) is 10.6. The standard InChI is InChI=1S/C19H27N5O3S2/c1-7-24(8-2)17(25)15-12(4)14(18(26)27-6)16(29-15)21-19(28)20-10-13-9-11(3)23(5)22-13/h9H,7-8,10H2,1-6H3,(H2,20,21,28). The lowest BCUT2D eigenvalue weighted by molar-refractivity contribution is 0.0601. The summed E-state index contributed by atoms with van der Waals surface area (Å²) in [6, 6.07) is 1.96. The molecule has 0 aliphatic heterocycles. The number of ether oxygens (including phenoxy) is 1. The number of anilines is 1. The summed E-state index contributed by atoms with van der Waals surface area (Å²) >= 11 is 6.58. The van der Waals surface area contributed by atoms with Crippen molar-refractivity contribution in [1.29, 1.82) is 0 Å². The highest BCUT2D eigenvalue weighted by molar-refractivity contribution is 7.80. The van der Waals surface area contributed by atoms with E-state index in [-0.39, 0.29) is 5.91 Å². The van der Waals surface area contributed by atoms with Gasteiger partial charge in [-0.15, -0.1) is 11.3 Å². The molecule has 0 fully saturated rings. The summed E-state index contributed by atoms with van der Waals surface area (Å²) in [4.78, 5) is 27.4. The van der Waals surface area contributed by atoms with Gasteiger partial charge in [0.25, 0.3) is 5.91 Å². The molecule has 2 N–H and O–H groups in total. The van der Waals surface area contributed by atoms with Gasteiger partial charge in [0.1, 0.15) is 5.00 Å². The number of aryl methyl sites for hydroxylation is 2. The Labute approximate surface area is 180 Å². The van der Waals surface area contributed by atoms with E-state index in [1.54, 1.807) is 16.5 Å². The van der Waals surface area contributed by atoms with Gasteiger partial charge in [0.05, 0.1) is 29.8 Å². The second-order valence-corrected chi connectivity index (χ2v) is 7.87. The minimum atomic E-state index is -0.511. The third kappa shape index (κ3) is 5.13. The smallest absolute Gasteiger partial charge is 0.341 e. The zero-order valence-electron chi connectivity index (χ0n) is 17.6. The second-order valence-electron chi connectivity index (χ2n) is 6.44. The highest BCUT2D eigenvalue weighted by Crippen LogP contribution is 2.34. The predicted molar refractivity (Wildman–Crippen MR) is 119 cm³/mol. The summed E-state index contributed by atoms with van der Waals surface area (Å²) in [6.45, 7) is 9.18. The van der Waals surface area contributed by atoms with Crippen LogP contribution in [0.5, 0.6) is 0 Å². The number of carbonyl (C=O) groups excluding carboxylic acids is 2. The Hall–Kier alpha value is -2.46. The van der Waals surface area contributed by atoms with Crippen LogP contribution in [-0.2, 0) is 18.3 Å². The first kappa shape index (κ1) is 22.8. The highest BCUT2D eigenvalue weighted by Gasteiger charge is 2.27. The van der Waals surface area contributed by atoms with E-state index < -0.39 is 5.97 Å². The molecular formula is C19H27N5O3S2. The second kappa shape index (κ2) is 9.84. The number of aromatic nitrogens is 2. The first-order chi connectivity index (χ1) is 13.7. The van der Waals surface area contributed by atoms with Crippen molar-refractivity contribution >= 4 is 45.5 Å². The monoisotopic (exact) mass is 437 g/mol. The molecule has 158 valence electrons. The molecule has 1 amide bonds. The van der Waals surface area contributed by atoms with Gasteiger partial charge in [-0.1, -0.05) is 0 Å². The van der Waals surface area contributed by atoms with E-state index in [0.717, 1.165) is 11.4 Å². The molecule has 0 bridgehead atoms. The first-order valence-corrected chi connectivity index (χ1v) is 10.5. The van der Waals surface area contributed by atoms with Crippen molar-refractivity contribution in [3.8, 4) is 0 Å². The minimum Gasteiger partial charge on any atom is -0.465 e. The van der Waals surface area contributed by atoms with Crippen LogP contribution in [0, 0.1) is 13.8 Å². The van der Waals surface area contributed by atoms with Crippen molar-refractivity contribution in [2.45, 2.75) is 34.2 Å². The molecule has 0 unspecified atom stereocenters. The van der Waals surface area contributed by atoms with Gasteiger partial charge in [0.2, 0.25) is 0 Å². The van der Waals surface area contributed by atoms with Crippen LogP contribution in [0.25, 0.3) is 0 Å². The number of nitrogens with one attached hydrogen (secondary N) is 2. The summed E-state index contributed by atoms with van der Waals surface area (Å²) in [5.74, 6) is -0.624. The first-order valence-electron chi connectivity index (χ1n) is 9.28. The van der Waals surface area contributed by atoms with E-state index in [0.29, 0.717) is 45.8 Å². The molecule has 8 nitrogen and oxygen atoms in total. The summed E-state index contributed by atoms with van der Waals surface area (Å²) in [6.07, 6.45) is 0. The number of rotatable bonds is 7. The van der Waals surface area contributed by atoms with Crippen LogP contribution in [0.4, 0.5) is 5.00 Å². The minimum absolute atomic E-state index is 0.112. The fraction of sp³-hybridized carbons (Fsp3) is 0.474. The van der Waals surface area contributed by atoms with Crippen LogP contribution in [0.2, 0.25) is 0 Å². The van der Waals surface area contributed by atoms with E-state index >= 15 is 0 Å². The molecule has 0 spiro atoms. The van der Waals surface area contributed by atoms with Crippen molar-refractivity contribution in [3.05, 3.63) is 33.5 Å². The van der Waals surface area contributed by atoms with Gasteiger partial charge in [0.15, 0.2) is 5.11 Å². The predicted octanol–water partition coefficient (Wildman–Crippen LogP) is 2.85. The van der Waals surface area contributed by atoms with Gasteiger partial charge in [0, 0.05) is 25.8 Å². The third-order valence-electron chi connectivity index (χ3n) is 4.60. The van der Waals surface area contributed by atoms with Crippen molar-refractivity contribution < 1.29 is 14.3 Å². The average molecular weight is 438 g/mol. The Balaban J connectivity index is 2.23. The number of methoxy groups -OCH3 is 1. The maximum Gasteiger partial charge on any atom is 0.341 e. The number of carbonyl (C=O) groups is 2. The van der Waals surface area contributed by atoms with E-state index in [4.69, 9.17) is 17.0 Å². The Morgan fingerprint density at radius 1 is 1.31 bits per heavy atom. The molecule has 2 aromatic rings. The molecule has 0 aromatic carbocycles. The molecule has 0 saturated carbocycles.